The van der Waals surface area contributed by atoms with Crippen molar-refractivity contribution in [3.8, 4) is 0 Å². The topological polar surface area (TPSA) is 29.5 Å². The molecule has 1 unspecified atom stereocenters. The predicted octanol–water partition coefficient (Wildman–Crippen LogP) is 3.49. The lowest BCUT2D eigenvalue weighted by molar-refractivity contribution is 0.170. The third kappa shape index (κ3) is 2.47. The number of ether oxygens (including phenoxy) is 1. The van der Waals surface area contributed by atoms with Gasteiger partial charge in [0.15, 0.2) is 0 Å². The number of aliphatic hydroxyl groups is 1. The summed E-state index contributed by atoms with van der Waals surface area (Å²) < 4.78 is 6.31. The molecule has 1 atom stereocenters. The van der Waals surface area contributed by atoms with Crippen molar-refractivity contribution in [3.63, 3.8) is 0 Å². The molecule has 0 aromatic heterocycles. The van der Waals surface area contributed by atoms with Crippen molar-refractivity contribution in [1.82, 2.24) is 0 Å². The summed E-state index contributed by atoms with van der Waals surface area (Å²) in [4.78, 5) is 0. The summed E-state index contributed by atoms with van der Waals surface area (Å²) in [5.74, 6) is 0. The van der Waals surface area contributed by atoms with E-state index in [0.717, 1.165) is 40.6 Å². The third-order valence-electron chi connectivity index (χ3n) is 2.81. The number of benzene rings is 1. The first kappa shape index (κ1) is 11.7. The van der Waals surface area contributed by atoms with Crippen LogP contribution in [0, 0.1) is 6.92 Å². The van der Waals surface area contributed by atoms with Gasteiger partial charge in [-0.15, -0.1) is 0 Å². The van der Waals surface area contributed by atoms with Crippen molar-refractivity contribution >= 4 is 15.9 Å². The highest BCUT2D eigenvalue weighted by Crippen LogP contribution is 2.29. The molecule has 86 valence electrons. The van der Waals surface area contributed by atoms with E-state index >= 15 is 0 Å². The van der Waals surface area contributed by atoms with E-state index in [1.54, 1.807) is 6.26 Å². The van der Waals surface area contributed by atoms with Gasteiger partial charge in [-0.3, -0.25) is 0 Å². The molecule has 0 saturated carbocycles. The summed E-state index contributed by atoms with van der Waals surface area (Å²) in [5.41, 5.74) is 3.03. The first-order valence-electron chi connectivity index (χ1n) is 5.43. The molecule has 0 aliphatic carbocycles. The molecule has 0 saturated heterocycles. The van der Waals surface area contributed by atoms with Gasteiger partial charge in [0.1, 0.15) is 6.10 Å². The van der Waals surface area contributed by atoms with Crippen LogP contribution in [-0.2, 0) is 4.74 Å². The third-order valence-corrected chi connectivity index (χ3v) is 3.70. The van der Waals surface area contributed by atoms with Crippen molar-refractivity contribution in [3.05, 3.63) is 45.6 Å². The highest BCUT2D eigenvalue weighted by atomic mass is 79.9. The van der Waals surface area contributed by atoms with Gasteiger partial charge >= 0.3 is 0 Å². The van der Waals surface area contributed by atoms with Crippen molar-refractivity contribution in [2.45, 2.75) is 25.9 Å². The smallest absolute Gasteiger partial charge is 0.103 e. The minimum atomic E-state index is -0.535. The van der Waals surface area contributed by atoms with Gasteiger partial charge in [-0.2, -0.15) is 0 Å². The fourth-order valence-corrected chi connectivity index (χ4v) is 2.08. The van der Waals surface area contributed by atoms with Crippen LogP contribution in [0.2, 0.25) is 0 Å². The van der Waals surface area contributed by atoms with E-state index in [-0.39, 0.29) is 0 Å². The summed E-state index contributed by atoms with van der Waals surface area (Å²) in [6, 6.07) is 5.92. The number of halogens is 1. The van der Waals surface area contributed by atoms with Gasteiger partial charge in [-0.25, -0.2) is 0 Å². The molecule has 16 heavy (non-hydrogen) atoms. The van der Waals surface area contributed by atoms with Crippen molar-refractivity contribution in [2.24, 2.45) is 0 Å². The van der Waals surface area contributed by atoms with Gasteiger partial charge in [0.25, 0.3) is 0 Å². The van der Waals surface area contributed by atoms with E-state index in [0.29, 0.717) is 0 Å². The van der Waals surface area contributed by atoms with E-state index in [9.17, 15) is 5.11 Å². The van der Waals surface area contributed by atoms with Gasteiger partial charge in [-0.1, -0.05) is 28.1 Å². The Balaban J connectivity index is 2.22. The maximum atomic E-state index is 10.2. The standard InChI is InChI=1S/C13H15BrO2/c1-9-7-10(4-5-12(9)14)13(15)11-3-2-6-16-8-11/h4-5,7-8,13,15H,2-3,6H2,1H3. The largest absolute Gasteiger partial charge is 0.501 e. The first-order chi connectivity index (χ1) is 7.68. The van der Waals surface area contributed by atoms with E-state index in [4.69, 9.17) is 4.74 Å². The zero-order valence-electron chi connectivity index (χ0n) is 9.24. The van der Waals surface area contributed by atoms with Gasteiger partial charge in [0.2, 0.25) is 0 Å². The molecule has 1 heterocycles. The zero-order valence-corrected chi connectivity index (χ0v) is 10.8. The Hall–Kier alpha value is -0.800. The van der Waals surface area contributed by atoms with Crippen molar-refractivity contribution < 1.29 is 9.84 Å². The maximum Gasteiger partial charge on any atom is 0.103 e. The predicted molar refractivity (Wildman–Crippen MR) is 67.1 cm³/mol. The summed E-state index contributed by atoms with van der Waals surface area (Å²) in [5, 5.41) is 10.2. The molecule has 0 radical (unpaired) electrons. The van der Waals surface area contributed by atoms with E-state index < -0.39 is 6.10 Å². The molecule has 0 amide bonds. The number of hydrogen-bond donors (Lipinski definition) is 1. The van der Waals surface area contributed by atoms with Gasteiger partial charge in [0.05, 0.1) is 12.9 Å². The number of hydrogen-bond acceptors (Lipinski definition) is 2. The molecule has 0 fully saturated rings. The number of aliphatic hydroxyl groups excluding tert-OH is 1. The summed E-state index contributed by atoms with van der Waals surface area (Å²) >= 11 is 3.45. The van der Waals surface area contributed by atoms with Crippen LogP contribution >= 0.6 is 15.9 Å². The quantitative estimate of drug-likeness (QED) is 0.900. The minimum absolute atomic E-state index is 0.535. The van der Waals surface area contributed by atoms with Crippen LogP contribution < -0.4 is 0 Å². The molecule has 3 heteroatoms. The molecular weight excluding hydrogens is 268 g/mol. The fourth-order valence-electron chi connectivity index (χ4n) is 1.84. The van der Waals surface area contributed by atoms with E-state index in [1.807, 2.05) is 25.1 Å². The van der Waals surface area contributed by atoms with E-state index in [1.165, 1.54) is 0 Å². The lowest BCUT2D eigenvalue weighted by atomic mass is 9.97. The minimum Gasteiger partial charge on any atom is -0.501 e. The van der Waals surface area contributed by atoms with Gasteiger partial charge in [0, 0.05) is 4.47 Å². The molecule has 1 N–H and O–H groups in total. The molecule has 0 bridgehead atoms. The Morgan fingerprint density at radius 3 is 2.88 bits per heavy atom. The Bertz CT molecular complexity index is 412. The summed E-state index contributed by atoms with van der Waals surface area (Å²) in [7, 11) is 0. The molecule has 1 aliphatic rings. The lowest BCUT2D eigenvalue weighted by Crippen LogP contribution is -2.08. The van der Waals surface area contributed by atoms with Crippen LogP contribution in [0.1, 0.15) is 30.1 Å². The molecule has 2 nitrogen and oxygen atoms in total. The first-order valence-corrected chi connectivity index (χ1v) is 6.22. The Labute approximate surface area is 104 Å². The molecule has 1 aromatic carbocycles. The molecule has 1 aromatic rings. The van der Waals surface area contributed by atoms with Crippen molar-refractivity contribution in [2.75, 3.05) is 6.61 Å². The Morgan fingerprint density at radius 1 is 1.44 bits per heavy atom. The van der Waals surface area contributed by atoms with Crippen LogP contribution in [0.3, 0.4) is 0 Å². The Morgan fingerprint density at radius 2 is 2.25 bits per heavy atom. The van der Waals surface area contributed by atoms with Crippen LogP contribution in [0.15, 0.2) is 34.5 Å². The summed E-state index contributed by atoms with van der Waals surface area (Å²) in [6.07, 6.45) is 3.06. The average Bonchev–Trinajstić information content (AvgIpc) is 2.33. The second kappa shape index (κ2) is 5.02. The van der Waals surface area contributed by atoms with Crippen LogP contribution in [0.25, 0.3) is 0 Å². The zero-order chi connectivity index (χ0) is 11.5. The molecule has 2 rings (SSSR count). The monoisotopic (exact) mass is 282 g/mol. The van der Waals surface area contributed by atoms with Crippen LogP contribution in [-0.4, -0.2) is 11.7 Å². The summed E-state index contributed by atoms with van der Waals surface area (Å²) in [6.45, 7) is 2.78. The average molecular weight is 283 g/mol. The SMILES string of the molecule is Cc1cc(C(O)C2=COCCC2)ccc1Br. The fraction of sp³-hybridized carbons (Fsp3) is 0.385. The molecular formula is C13H15BrO2. The highest BCUT2D eigenvalue weighted by molar-refractivity contribution is 9.10. The maximum absolute atomic E-state index is 10.2. The Kier molecular flexibility index (Phi) is 3.66. The lowest BCUT2D eigenvalue weighted by Gasteiger charge is -2.19. The molecule has 1 aliphatic heterocycles. The van der Waals surface area contributed by atoms with Crippen LogP contribution in [0.5, 0.6) is 0 Å². The second-order valence-electron chi connectivity index (χ2n) is 4.08. The number of aryl methyl sites for hydroxylation is 1. The van der Waals surface area contributed by atoms with E-state index in [2.05, 4.69) is 15.9 Å². The highest BCUT2D eigenvalue weighted by Gasteiger charge is 2.16. The number of rotatable bonds is 2. The molecule has 0 spiro atoms. The van der Waals surface area contributed by atoms with Crippen LogP contribution in [0.4, 0.5) is 0 Å². The normalized spacial score (nSPS) is 17.6. The second-order valence-corrected chi connectivity index (χ2v) is 4.93. The van der Waals surface area contributed by atoms with Gasteiger partial charge < -0.3 is 9.84 Å². The van der Waals surface area contributed by atoms with Gasteiger partial charge in [-0.05, 0) is 42.5 Å². The van der Waals surface area contributed by atoms with Crippen molar-refractivity contribution in [1.29, 1.82) is 0 Å².